The number of carboxylic acid groups (broad SMARTS) is 1. The maximum atomic E-state index is 11.7. The zero-order valence-corrected chi connectivity index (χ0v) is 14.2. The van der Waals surface area contributed by atoms with Crippen LogP contribution in [0.15, 0.2) is 24.3 Å². The minimum absolute atomic E-state index is 0.129. The number of hydrogen-bond donors (Lipinski definition) is 3. The summed E-state index contributed by atoms with van der Waals surface area (Å²) in [4.78, 5) is 34.4. The maximum absolute atomic E-state index is 11.7. The second-order valence-electron chi connectivity index (χ2n) is 5.97. The van der Waals surface area contributed by atoms with E-state index in [1.807, 2.05) is 32.9 Å². The lowest BCUT2D eigenvalue weighted by molar-refractivity contribution is -0.142. The Kier molecular flexibility index (Phi) is 7.74. The van der Waals surface area contributed by atoms with E-state index in [0.717, 1.165) is 5.56 Å². The van der Waals surface area contributed by atoms with Crippen LogP contribution in [0.3, 0.4) is 0 Å². The quantitative estimate of drug-likeness (QED) is 0.626. The van der Waals surface area contributed by atoms with Gasteiger partial charge in [0.25, 0.3) is 5.91 Å². The first-order chi connectivity index (χ1) is 11.3. The van der Waals surface area contributed by atoms with Crippen molar-refractivity contribution < 1.29 is 24.2 Å². The maximum Gasteiger partial charge on any atom is 0.326 e. The standard InChI is InChI=1S/C17H24N2O5/c1-11(2)8-14(17(22)23)19-15(20)9-18-16(21)10-24-13-6-4-12(3)5-7-13/h4-7,11,14H,8-10H2,1-3H3,(H,18,21)(H,19,20)(H,22,23)/t14-/m0/s1. The number of rotatable bonds is 9. The van der Waals surface area contributed by atoms with Crippen LogP contribution in [0.4, 0.5) is 0 Å². The molecule has 1 atom stereocenters. The largest absolute Gasteiger partial charge is 0.484 e. The fraction of sp³-hybridized carbons (Fsp3) is 0.471. The van der Waals surface area contributed by atoms with Gasteiger partial charge in [-0.15, -0.1) is 0 Å². The van der Waals surface area contributed by atoms with Crippen molar-refractivity contribution in [2.75, 3.05) is 13.2 Å². The Balaban J connectivity index is 2.33. The molecule has 0 radical (unpaired) electrons. The molecule has 0 aromatic heterocycles. The Morgan fingerprint density at radius 2 is 1.75 bits per heavy atom. The number of aryl methyl sites for hydroxylation is 1. The summed E-state index contributed by atoms with van der Waals surface area (Å²) in [7, 11) is 0. The molecule has 1 rings (SSSR count). The van der Waals surface area contributed by atoms with Gasteiger partial charge in [-0.05, 0) is 31.4 Å². The summed E-state index contributed by atoms with van der Waals surface area (Å²) in [6.45, 7) is 5.17. The molecule has 0 aliphatic carbocycles. The van der Waals surface area contributed by atoms with Crippen LogP contribution >= 0.6 is 0 Å². The Bertz CT molecular complexity index is 569. The number of aliphatic carboxylic acids is 1. The number of nitrogens with one attached hydrogen (secondary N) is 2. The van der Waals surface area contributed by atoms with Gasteiger partial charge >= 0.3 is 5.97 Å². The Morgan fingerprint density at radius 3 is 2.29 bits per heavy atom. The summed E-state index contributed by atoms with van der Waals surface area (Å²) in [5, 5.41) is 13.8. The van der Waals surface area contributed by atoms with Crippen molar-refractivity contribution >= 4 is 17.8 Å². The third kappa shape index (κ3) is 7.62. The smallest absolute Gasteiger partial charge is 0.326 e. The first-order valence-corrected chi connectivity index (χ1v) is 7.76. The van der Waals surface area contributed by atoms with Gasteiger partial charge in [0.1, 0.15) is 11.8 Å². The van der Waals surface area contributed by atoms with Crippen LogP contribution < -0.4 is 15.4 Å². The van der Waals surface area contributed by atoms with E-state index >= 15 is 0 Å². The van der Waals surface area contributed by atoms with Crippen molar-refractivity contribution in [3.8, 4) is 5.75 Å². The van der Waals surface area contributed by atoms with Gasteiger partial charge in [-0.2, -0.15) is 0 Å². The van der Waals surface area contributed by atoms with Crippen LogP contribution in [0.1, 0.15) is 25.8 Å². The summed E-state index contributed by atoms with van der Waals surface area (Å²) in [6, 6.07) is 6.26. The second-order valence-corrected chi connectivity index (χ2v) is 5.97. The van der Waals surface area contributed by atoms with E-state index in [2.05, 4.69) is 10.6 Å². The number of carbonyl (C=O) groups excluding carboxylic acids is 2. The van der Waals surface area contributed by atoms with E-state index in [9.17, 15) is 14.4 Å². The summed E-state index contributed by atoms with van der Waals surface area (Å²) >= 11 is 0. The molecule has 0 bridgehead atoms. The molecular weight excluding hydrogens is 312 g/mol. The minimum Gasteiger partial charge on any atom is -0.484 e. The lowest BCUT2D eigenvalue weighted by Crippen LogP contribution is -2.46. The molecule has 7 nitrogen and oxygen atoms in total. The van der Waals surface area contributed by atoms with Gasteiger partial charge in [-0.1, -0.05) is 31.5 Å². The first kappa shape index (κ1) is 19.5. The third-order valence-corrected chi connectivity index (χ3v) is 3.18. The highest BCUT2D eigenvalue weighted by Gasteiger charge is 2.21. The van der Waals surface area contributed by atoms with E-state index in [1.165, 1.54) is 0 Å². The lowest BCUT2D eigenvalue weighted by Gasteiger charge is -2.16. The number of amides is 2. The SMILES string of the molecule is Cc1ccc(OCC(=O)NCC(=O)N[C@@H](CC(C)C)C(=O)O)cc1. The molecule has 2 amide bonds. The molecule has 0 unspecified atom stereocenters. The zero-order valence-electron chi connectivity index (χ0n) is 14.2. The van der Waals surface area contributed by atoms with Crippen LogP contribution in [0, 0.1) is 12.8 Å². The topological polar surface area (TPSA) is 105 Å². The van der Waals surface area contributed by atoms with Gasteiger partial charge < -0.3 is 20.5 Å². The molecule has 0 saturated carbocycles. The van der Waals surface area contributed by atoms with E-state index in [0.29, 0.717) is 12.2 Å². The highest BCUT2D eigenvalue weighted by molar-refractivity contribution is 5.88. The molecule has 0 saturated heterocycles. The Labute approximate surface area is 141 Å². The molecule has 24 heavy (non-hydrogen) atoms. The minimum atomic E-state index is -1.09. The van der Waals surface area contributed by atoms with Gasteiger partial charge in [0.15, 0.2) is 6.61 Å². The second kappa shape index (κ2) is 9.54. The molecule has 1 aromatic carbocycles. The van der Waals surface area contributed by atoms with Crippen molar-refractivity contribution in [1.29, 1.82) is 0 Å². The molecule has 0 aliphatic heterocycles. The number of carboxylic acids is 1. The van der Waals surface area contributed by atoms with E-state index < -0.39 is 23.8 Å². The van der Waals surface area contributed by atoms with Crippen molar-refractivity contribution in [3.05, 3.63) is 29.8 Å². The molecule has 0 spiro atoms. The molecule has 0 heterocycles. The van der Waals surface area contributed by atoms with Gasteiger partial charge in [-0.25, -0.2) is 4.79 Å². The highest BCUT2D eigenvalue weighted by atomic mass is 16.5. The van der Waals surface area contributed by atoms with Crippen molar-refractivity contribution in [1.82, 2.24) is 10.6 Å². The average Bonchev–Trinajstić information content (AvgIpc) is 2.51. The van der Waals surface area contributed by atoms with Gasteiger partial charge in [0.05, 0.1) is 6.54 Å². The number of carbonyl (C=O) groups is 3. The molecular formula is C17H24N2O5. The van der Waals surface area contributed by atoms with Crippen molar-refractivity contribution in [3.63, 3.8) is 0 Å². The molecule has 3 N–H and O–H groups in total. The third-order valence-electron chi connectivity index (χ3n) is 3.18. The fourth-order valence-corrected chi connectivity index (χ4v) is 1.95. The molecule has 7 heteroatoms. The predicted octanol–water partition coefficient (Wildman–Crippen LogP) is 1.11. The van der Waals surface area contributed by atoms with Crippen LogP contribution in [0.2, 0.25) is 0 Å². The van der Waals surface area contributed by atoms with Crippen molar-refractivity contribution in [2.24, 2.45) is 5.92 Å². The molecule has 1 aromatic rings. The molecule has 0 fully saturated rings. The summed E-state index contributed by atoms with van der Waals surface area (Å²) in [5.74, 6) is -1.41. The molecule has 0 aliphatic rings. The van der Waals surface area contributed by atoms with Crippen LogP contribution in [-0.2, 0) is 14.4 Å². The predicted molar refractivity (Wildman–Crippen MR) is 88.7 cm³/mol. The monoisotopic (exact) mass is 336 g/mol. The van der Waals surface area contributed by atoms with Gasteiger partial charge in [0.2, 0.25) is 5.91 Å². The van der Waals surface area contributed by atoms with Crippen LogP contribution in [0.5, 0.6) is 5.75 Å². The van der Waals surface area contributed by atoms with Crippen molar-refractivity contribution in [2.45, 2.75) is 33.2 Å². The van der Waals surface area contributed by atoms with E-state index in [-0.39, 0.29) is 19.1 Å². The molecule has 132 valence electrons. The normalized spacial score (nSPS) is 11.7. The lowest BCUT2D eigenvalue weighted by atomic mass is 10.0. The average molecular weight is 336 g/mol. The number of hydrogen-bond acceptors (Lipinski definition) is 4. The first-order valence-electron chi connectivity index (χ1n) is 7.76. The van der Waals surface area contributed by atoms with Crippen LogP contribution in [-0.4, -0.2) is 42.1 Å². The number of ether oxygens (including phenoxy) is 1. The van der Waals surface area contributed by atoms with Gasteiger partial charge in [-0.3, -0.25) is 9.59 Å². The summed E-state index contributed by atoms with van der Waals surface area (Å²) in [5.41, 5.74) is 1.08. The summed E-state index contributed by atoms with van der Waals surface area (Å²) < 4.78 is 5.29. The highest BCUT2D eigenvalue weighted by Crippen LogP contribution is 2.10. The zero-order chi connectivity index (χ0) is 18.1. The van der Waals surface area contributed by atoms with E-state index in [4.69, 9.17) is 9.84 Å². The van der Waals surface area contributed by atoms with Gasteiger partial charge in [0, 0.05) is 0 Å². The Hall–Kier alpha value is -2.57. The number of benzene rings is 1. The van der Waals surface area contributed by atoms with Crippen LogP contribution in [0.25, 0.3) is 0 Å². The fourth-order valence-electron chi connectivity index (χ4n) is 1.95. The summed E-state index contributed by atoms with van der Waals surface area (Å²) in [6.07, 6.45) is 0.325. The Morgan fingerprint density at radius 1 is 1.12 bits per heavy atom. The van der Waals surface area contributed by atoms with E-state index in [1.54, 1.807) is 12.1 Å².